The maximum absolute atomic E-state index is 13.6. The van der Waals surface area contributed by atoms with Crippen molar-refractivity contribution < 1.29 is 28.7 Å². The SMILES string of the molecule is CC(=O)Nc1ccc(N2C(=O)CC(N(Cc3ccc4c(c3)OCO4)C(=O)Cc3ccccc3)C2=O)cc1. The molecule has 1 fully saturated rings. The smallest absolute Gasteiger partial charge is 0.257 e. The number of nitrogens with one attached hydrogen (secondary N) is 1. The molecule has 0 aromatic heterocycles. The highest BCUT2D eigenvalue weighted by atomic mass is 16.7. The first kappa shape index (κ1) is 24.1. The van der Waals surface area contributed by atoms with Crippen LogP contribution in [0.3, 0.4) is 0 Å². The lowest BCUT2D eigenvalue weighted by Gasteiger charge is -2.28. The number of rotatable bonds is 7. The summed E-state index contributed by atoms with van der Waals surface area (Å²) in [5.41, 5.74) is 2.49. The number of fused-ring (bicyclic) bond motifs is 1. The Morgan fingerprint density at radius 3 is 2.41 bits per heavy atom. The van der Waals surface area contributed by atoms with Gasteiger partial charge in [0.05, 0.1) is 18.5 Å². The number of carbonyl (C=O) groups excluding carboxylic acids is 4. The first-order valence-corrected chi connectivity index (χ1v) is 11.9. The van der Waals surface area contributed by atoms with Crippen molar-refractivity contribution in [3.05, 3.63) is 83.9 Å². The van der Waals surface area contributed by atoms with Crippen LogP contribution in [0.2, 0.25) is 0 Å². The number of ether oxygens (including phenoxy) is 2. The number of imide groups is 1. The van der Waals surface area contributed by atoms with Crippen LogP contribution < -0.4 is 19.7 Å². The van der Waals surface area contributed by atoms with Gasteiger partial charge in [0.1, 0.15) is 6.04 Å². The highest BCUT2D eigenvalue weighted by molar-refractivity contribution is 6.23. The molecule has 9 nitrogen and oxygen atoms in total. The third kappa shape index (κ3) is 5.16. The molecule has 0 bridgehead atoms. The number of benzene rings is 3. The molecule has 2 aliphatic heterocycles. The topological polar surface area (TPSA) is 105 Å². The molecule has 2 heterocycles. The lowest BCUT2D eigenvalue weighted by molar-refractivity contribution is -0.138. The van der Waals surface area contributed by atoms with E-state index in [1.807, 2.05) is 36.4 Å². The molecule has 5 rings (SSSR count). The van der Waals surface area contributed by atoms with E-state index < -0.39 is 17.9 Å². The molecule has 1 saturated heterocycles. The van der Waals surface area contributed by atoms with Crippen LogP contribution in [-0.2, 0) is 32.1 Å². The second-order valence-electron chi connectivity index (χ2n) is 8.89. The minimum absolute atomic E-state index is 0.0920. The van der Waals surface area contributed by atoms with Gasteiger partial charge in [-0.15, -0.1) is 0 Å². The highest BCUT2D eigenvalue weighted by Gasteiger charge is 2.44. The number of anilines is 2. The maximum Gasteiger partial charge on any atom is 0.257 e. The average molecular weight is 500 g/mol. The van der Waals surface area contributed by atoms with Crippen LogP contribution in [0.4, 0.5) is 11.4 Å². The molecule has 1 N–H and O–H groups in total. The van der Waals surface area contributed by atoms with Gasteiger partial charge < -0.3 is 19.7 Å². The largest absolute Gasteiger partial charge is 0.454 e. The van der Waals surface area contributed by atoms with E-state index in [0.29, 0.717) is 22.9 Å². The Balaban J connectivity index is 1.41. The van der Waals surface area contributed by atoms with Gasteiger partial charge in [0.25, 0.3) is 5.91 Å². The van der Waals surface area contributed by atoms with Crippen LogP contribution in [-0.4, -0.2) is 41.4 Å². The standard InChI is InChI=1S/C28H25N3O6/c1-18(32)29-21-8-10-22(11-9-21)31-27(34)15-23(28(31)35)30(26(33)14-19-5-3-2-4-6-19)16-20-7-12-24-25(13-20)37-17-36-24/h2-13,23H,14-17H2,1H3,(H,29,32). The summed E-state index contributed by atoms with van der Waals surface area (Å²) in [5, 5.41) is 2.66. The van der Waals surface area contributed by atoms with Gasteiger partial charge >= 0.3 is 0 Å². The molecular formula is C28H25N3O6. The van der Waals surface area contributed by atoms with Crippen molar-refractivity contribution in [2.45, 2.75) is 32.4 Å². The Morgan fingerprint density at radius 2 is 1.68 bits per heavy atom. The minimum Gasteiger partial charge on any atom is -0.454 e. The lowest BCUT2D eigenvalue weighted by Crippen LogP contribution is -2.45. The zero-order valence-corrected chi connectivity index (χ0v) is 20.2. The van der Waals surface area contributed by atoms with Crippen molar-refractivity contribution in [3.8, 4) is 11.5 Å². The van der Waals surface area contributed by atoms with Gasteiger partial charge in [0, 0.05) is 19.2 Å². The summed E-state index contributed by atoms with van der Waals surface area (Å²) in [5.74, 6) is -0.172. The maximum atomic E-state index is 13.6. The number of amides is 4. The average Bonchev–Trinajstić information content (AvgIpc) is 3.46. The van der Waals surface area contributed by atoms with Crippen LogP contribution in [0.1, 0.15) is 24.5 Å². The van der Waals surface area contributed by atoms with Crippen molar-refractivity contribution in [3.63, 3.8) is 0 Å². The van der Waals surface area contributed by atoms with Gasteiger partial charge in [-0.2, -0.15) is 0 Å². The molecule has 1 unspecified atom stereocenters. The molecule has 1 atom stereocenters. The molecule has 0 aliphatic carbocycles. The number of hydrogen-bond donors (Lipinski definition) is 1. The van der Waals surface area contributed by atoms with Crippen LogP contribution in [0, 0.1) is 0 Å². The third-order valence-corrected chi connectivity index (χ3v) is 6.25. The lowest BCUT2D eigenvalue weighted by atomic mass is 10.1. The summed E-state index contributed by atoms with van der Waals surface area (Å²) in [6, 6.07) is 20.1. The molecule has 0 saturated carbocycles. The van der Waals surface area contributed by atoms with E-state index in [4.69, 9.17) is 9.47 Å². The molecule has 0 radical (unpaired) electrons. The van der Waals surface area contributed by atoms with Crippen molar-refractivity contribution in [1.82, 2.24) is 4.90 Å². The molecule has 3 aromatic rings. The Bertz CT molecular complexity index is 1360. The number of nitrogens with zero attached hydrogens (tertiary/aromatic N) is 2. The van der Waals surface area contributed by atoms with Crippen LogP contribution in [0.5, 0.6) is 11.5 Å². The molecule has 2 aliphatic rings. The molecule has 9 heteroatoms. The quantitative estimate of drug-likeness (QED) is 0.501. The summed E-state index contributed by atoms with van der Waals surface area (Å²) in [6.07, 6.45) is -0.0356. The van der Waals surface area contributed by atoms with Gasteiger partial charge in [-0.25, -0.2) is 4.90 Å². The summed E-state index contributed by atoms with van der Waals surface area (Å²) in [7, 11) is 0. The minimum atomic E-state index is -0.954. The molecule has 188 valence electrons. The molecule has 0 spiro atoms. The first-order chi connectivity index (χ1) is 17.9. The third-order valence-electron chi connectivity index (χ3n) is 6.25. The van der Waals surface area contributed by atoms with Crippen molar-refractivity contribution in [1.29, 1.82) is 0 Å². The van der Waals surface area contributed by atoms with Gasteiger partial charge in [0.2, 0.25) is 24.5 Å². The van der Waals surface area contributed by atoms with E-state index in [-0.39, 0.29) is 38.0 Å². The Kier molecular flexibility index (Phi) is 6.59. The number of carbonyl (C=O) groups is 4. The van der Waals surface area contributed by atoms with Crippen LogP contribution in [0.25, 0.3) is 0 Å². The number of hydrogen-bond acceptors (Lipinski definition) is 6. The van der Waals surface area contributed by atoms with E-state index >= 15 is 0 Å². The molecular weight excluding hydrogens is 474 g/mol. The normalized spacial score (nSPS) is 16.1. The monoisotopic (exact) mass is 499 g/mol. The van der Waals surface area contributed by atoms with E-state index in [0.717, 1.165) is 16.0 Å². The zero-order chi connectivity index (χ0) is 25.9. The van der Waals surface area contributed by atoms with Crippen LogP contribution >= 0.6 is 0 Å². The molecule has 4 amide bonds. The Hall–Kier alpha value is -4.66. The molecule has 3 aromatic carbocycles. The summed E-state index contributed by atoms with van der Waals surface area (Å²) >= 11 is 0. The highest BCUT2D eigenvalue weighted by Crippen LogP contribution is 2.34. The Morgan fingerprint density at radius 1 is 0.946 bits per heavy atom. The van der Waals surface area contributed by atoms with Crippen LogP contribution in [0.15, 0.2) is 72.8 Å². The predicted octanol–water partition coefficient (Wildman–Crippen LogP) is 3.28. The fraction of sp³-hybridized carbons (Fsp3) is 0.214. The first-order valence-electron chi connectivity index (χ1n) is 11.9. The van der Waals surface area contributed by atoms with E-state index in [2.05, 4.69) is 5.32 Å². The van der Waals surface area contributed by atoms with Crippen molar-refractivity contribution in [2.24, 2.45) is 0 Å². The summed E-state index contributed by atoms with van der Waals surface area (Å²) in [6.45, 7) is 1.65. The van der Waals surface area contributed by atoms with Gasteiger partial charge in [0.15, 0.2) is 11.5 Å². The second kappa shape index (κ2) is 10.1. The fourth-order valence-electron chi connectivity index (χ4n) is 4.51. The summed E-state index contributed by atoms with van der Waals surface area (Å²) in [4.78, 5) is 54.0. The van der Waals surface area contributed by atoms with Gasteiger partial charge in [-0.1, -0.05) is 36.4 Å². The Labute approximate surface area is 213 Å². The predicted molar refractivity (Wildman–Crippen MR) is 135 cm³/mol. The second-order valence-corrected chi connectivity index (χ2v) is 8.89. The van der Waals surface area contributed by atoms with E-state index in [1.165, 1.54) is 11.8 Å². The van der Waals surface area contributed by atoms with E-state index in [9.17, 15) is 19.2 Å². The zero-order valence-electron chi connectivity index (χ0n) is 20.2. The fourth-order valence-corrected chi connectivity index (χ4v) is 4.51. The van der Waals surface area contributed by atoms with Gasteiger partial charge in [-0.05, 0) is 47.5 Å². The summed E-state index contributed by atoms with van der Waals surface area (Å²) < 4.78 is 10.8. The molecule has 37 heavy (non-hydrogen) atoms. The van der Waals surface area contributed by atoms with Gasteiger partial charge in [-0.3, -0.25) is 19.2 Å². The van der Waals surface area contributed by atoms with Crippen molar-refractivity contribution in [2.75, 3.05) is 17.0 Å². The van der Waals surface area contributed by atoms with E-state index in [1.54, 1.807) is 36.4 Å². The van der Waals surface area contributed by atoms with Crippen molar-refractivity contribution >= 4 is 35.0 Å².